The Kier molecular flexibility index (Phi) is 4.33. The molecule has 0 aliphatic carbocycles. The van der Waals surface area contributed by atoms with Crippen LogP contribution in [0.5, 0.6) is 0 Å². The first-order valence-corrected chi connectivity index (χ1v) is 9.76. The number of halogens is 1. The molecule has 0 N–H and O–H groups in total. The predicted octanol–water partition coefficient (Wildman–Crippen LogP) is 4.04. The van der Waals surface area contributed by atoms with Crippen LogP contribution < -0.4 is 0 Å². The van der Waals surface area contributed by atoms with Crippen molar-refractivity contribution in [3.05, 3.63) is 34.0 Å². The minimum absolute atomic E-state index is 0.226. The van der Waals surface area contributed by atoms with Crippen LogP contribution in [0.1, 0.15) is 50.1 Å². The average Bonchev–Trinajstić information content (AvgIpc) is 3.18. The minimum atomic E-state index is -3.54. The Balaban J connectivity index is 1.92. The molecule has 1 fully saturated rings. The molecule has 3 heterocycles. The molecule has 0 amide bonds. The van der Waals surface area contributed by atoms with Gasteiger partial charge in [0.2, 0.25) is 0 Å². The molecule has 0 saturated carbocycles. The van der Waals surface area contributed by atoms with E-state index in [2.05, 4.69) is 5.16 Å². The van der Waals surface area contributed by atoms with E-state index in [1.54, 1.807) is 12.1 Å². The van der Waals surface area contributed by atoms with E-state index < -0.39 is 10.0 Å². The van der Waals surface area contributed by atoms with Gasteiger partial charge in [0.25, 0.3) is 10.0 Å². The number of nitrogens with zero attached hydrogens (tertiary/aromatic N) is 2. The highest BCUT2D eigenvalue weighted by Gasteiger charge is 2.38. The van der Waals surface area contributed by atoms with E-state index in [1.165, 1.54) is 4.31 Å². The third-order valence-electron chi connectivity index (χ3n) is 3.77. The molecule has 2 aromatic heterocycles. The van der Waals surface area contributed by atoms with Gasteiger partial charge in [0, 0.05) is 18.5 Å². The summed E-state index contributed by atoms with van der Waals surface area (Å²) < 4.78 is 33.2. The van der Waals surface area contributed by atoms with Crippen LogP contribution >= 0.6 is 22.9 Å². The number of rotatable bonds is 4. The Morgan fingerprint density at radius 3 is 2.82 bits per heavy atom. The van der Waals surface area contributed by atoms with Gasteiger partial charge in [0.15, 0.2) is 0 Å². The van der Waals surface area contributed by atoms with Crippen LogP contribution in [0.4, 0.5) is 0 Å². The maximum absolute atomic E-state index is 12.8. The lowest BCUT2D eigenvalue weighted by Gasteiger charge is -2.21. The molecule has 0 spiro atoms. The van der Waals surface area contributed by atoms with Gasteiger partial charge in [-0.1, -0.05) is 30.6 Å². The Hall–Kier alpha value is -0.890. The molecule has 0 radical (unpaired) electrons. The second-order valence-electron chi connectivity index (χ2n) is 5.64. The van der Waals surface area contributed by atoms with Crippen LogP contribution in [0.15, 0.2) is 26.9 Å². The lowest BCUT2D eigenvalue weighted by Crippen LogP contribution is -2.30. The molecule has 2 aromatic rings. The van der Waals surface area contributed by atoms with Crippen LogP contribution in [0.3, 0.4) is 0 Å². The average molecular weight is 361 g/mol. The monoisotopic (exact) mass is 360 g/mol. The van der Waals surface area contributed by atoms with Crippen molar-refractivity contribution in [1.82, 2.24) is 9.46 Å². The molecular formula is C14H17ClN2O3S2. The minimum Gasteiger partial charge on any atom is -0.361 e. The van der Waals surface area contributed by atoms with Gasteiger partial charge in [-0.3, -0.25) is 0 Å². The highest BCUT2D eigenvalue weighted by Crippen LogP contribution is 2.38. The molecule has 120 valence electrons. The van der Waals surface area contributed by atoms with Crippen LogP contribution in [0.2, 0.25) is 4.34 Å². The van der Waals surface area contributed by atoms with Crippen molar-refractivity contribution in [2.24, 2.45) is 0 Å². The quantitative estimate of drug-likeness (QED) is 0.825. The van der Waals surface area contributed by atoms with E-state index in [4.69, 9.17) is 16.1 Å². The highest BCUT2D eigenvalue weighted by atomic mass is 35.5. The molecule has 1 aliphatic rings. The lowest BCUT2D eigenvalue weighted by atomic mass is 10.1. The van der Waals surface area contributed by atoms with Crippen molar-refractivity contribution in [2.45, 2.75) is 42.9 Å². The first kappa shape index (κ1) is 16.0. The van der Waals surface area contributed by atoms with Gasteiger partial charge in [-0.2, -0.15) is 4.31 Å². The topological polar surface area (TPSA) is 63.4 Å². The normalized spacial score (nSPS) is 20.1. The fourth-order valence-corrected chi connectivity index (χ4v) is 5.89. The summed E-state index contributed by atoms with van der Waals surface area (Å²) in [5, 5.41) is 4.08. The molecule has 0 bridgehead atoms. The molecule has 1 atom stereocenters. The van der Waals surface area contributed by atoms with Crippen LogP contribution in [0.25, 0.3) is 0 Å². The highest BCUT2D eigenvalue weighted by molar-refractivity contribution is 7.91. The van der Waals surface area contributed by atoms with Crippen molar-refractivity contribution in [3.8, 4) is 0 Å². The predicted molar refractivity (Wildman–Crippen MR) is 85.8 cm³/mol. The van der Waals surface area contributed by atoms with E-state index in [0.29, 0.717) is 16.6 Å². The second kappa shape index (κ2) is 5.96. The van der Waals surface area contributed by atoms with E-state index in [-0.39, 0.29) is 16.2 Å². The fourth-order valence-electron chi connectivity index (χ4n) is 2.61. The molecule has 1 saturated heterocycles. The first-order valence-electron chi connectivity index (χ1n) is 7.13. The SMILES string of the molecule is CC(C)c1cc(C2CCCN2S(=O)(=O)c2ccc(Cl)s2)no1. The Bertz CT molecular complexity index is 767. The third kappa shape index (κ3) is 2.82. The largest absolute Gasteiger partial charge is 0.361 e. The summed E-state index contributed by atoms with van der Waals surface area (Å²) in [6, 6.07) is 4.77. The summed E-state index contributed by atoms with van der Waals surface area (Å²) in [7, 11) is -3.54. The zero-order valence-electron chi connectivity index (χ0n) is 12.3. The maximum Gasteiger partial charge on any atom is 0.253 e. The number of hydrogen-bond acceptors (Lipinski definition) is 5. The zero-order valence-corrected chi connectivity index (χ0v) is 14.7. The van der Waals surface area contributed by atoms with Gasteiger partial charge in [-0.05, 0) is 25.0 Å². The van der Waals surface area contributed by atoms with Gasteiger partial charge >= 0.3 is 0 Å². The van der Waals surface area contributed by atoms with Gasteiger partial charge in [-0.15, -0.1) is 11.3 Å². The number of hydrogen-bond donors (Lipinski definition) is 0. The fraction of sp³-hybridized carbons (Fsp3) is 0.500. The van der Waals surface area contributed by atoms with E-state index in [1.807, 2.05) is 19.9 Å². The van der Waals surface area contributed by atoms with E-state index in [0.717, 1.165) is 29.9 Å². The van der Waals surface area contributed by atoms with Crippen LogP contribution in [-0.2, 0) is 10.0 Å². The van der Waals surface area contributed by atoms with E-state index in [9.17, 15) is 8.42 Å². The number of sulfonamides is 1. The summed E-state index contributed by atoms with van der Waals surface area (Å²) in [6.07, 6.45) is 1.56. The maximum atomic E-state index is 12.8. The molecule has 5 nitrogen and oxygen atoms in total. The zero-order chi connectivity index (χ0) is 15.9. The smallest absolute Gasteiger partial charge is 0.253 e. The lowest BCUT2D eigenvalue weighted by molar-refractivity contribution is 0.338. The molecule has 1 aliphatic heterocycles. The third-order valence-corrected chi connectivity index (χ3v) is 7.38. The van der Waals surface area contributed by atoms with Crippen molar-refractivity contribution in [3.63, 3.8) is 0 Å². The molecule has 0 aromatic carbocycles. The van der Waals surface area contributed by atoms with Crippen molar-refractivity contribution < 1.29 is 12.9 Å². The van der Waals surface area contributed by atoms with Gasteiger partial charge in [-0.25, -0.2) is 8.42 Å². The second-order valence-corrected chi connectivity index (χ2v) is 9.47. The molecular weight excluding hydrogens is 344 g/mol. The van der Waals surface area contributed by atoms with Gasteiger partial charge < -0.3 is 4.52 Å². The summed E-state index contributed by atoms with van der Waals surface area (Å²) in [6.45, 7) is 4.52. The van der Waals surface area contributed by atoms with Crippen LogP contribution in [0, 0.1) is 0 Å². The molecule has 22 heavy (non-hydrogen) atoms. The Morgan fingerprint density at radius 2 is 2.23 bits per heavy atom. The summed E-state index contributed by atoms with van der Waals surface area (Å²) in [5.41, 5.74) is 0.687. The van der Waals surface area contributed by atoms with Gasteiger partial charge in [0.05, 0.1) is 10.4 Å². The standard InChI is InChI=1S/C14H17ClN2O3S2/c1-9(2)12-8-10(16-20-12)11-4-3-7-17(11)22(18,19)14-6-5-13(15)21-14/h5-6,8-9,11H,3-4,7H2,1-2H3. The molecule has 3 rings (SSSR count). The number of aromatic nitrogens is 1. The summed E-state index contributed by atoms with van der Waals surface area (Å²) in [4.78, 5) is 0. The Labute approximate surface area is 138 Å². The summed E-state index contributed by atoms with van der Waals surface area (Å²) in [5.74, 6) is 1.00. The van der Waals surface area contributed by atoms with E-state index >= 15 is 0 Å². The summed E-state index contributed by atoms with van der Waals surface area (Å²) >= 11 is 6.95. The Morgan fingerprint density at radius 1 is 1.45 bits per heavy atom. The van der Waals surface area contributed by atoms with Crippen molar-refractivity contribution >= 4 is 33.0 Å². The first-order chi connectivity index (χ1) is 10.4. The molecule has 1 unspecified atom stereocenters. The van der Waals surface area contributed by atoms with Crippen LogP contribution in [-0.4, -0.2) is 24.4 Å². The number of thiophene rings is 1. The van der Waals surface area contributed by atoms with Crippen molar-refractivity contribution in [1.29, 1.82) is 0 Å². The van der Waals surface area contributed by atoms with Crippen molar-refractivity contribution in [2.75, 3.05) is 6.54 Å². The molecule has 8 heteroatoms. The van der Waals surface area contributed by atoms with Gasteiger partial charge in [0.1, 0.15) is 15.7 Å².